The lowest BCUT2D eigenvalue weighted by atomic mass is 10.2. The normalized spacial score (nSPS) is 11.1. The molecule has 0 radical (unpaired) electrons. The zero-order chi connectivity index (χ0) is 19.8. The molecule has 2 heterocycles. The summed E-state index contributed by atoms with van der Waals surface area (Å²) < 4.78 is 10.3. The molecular formula is C20H17N3O2S3. The van der Waals surface area contributed by atoms with Crippen molar-refractivity contribution in [3.8, 4) is 17.1 Å². The van der Waals surface area contributed by atoms with Crippen LogP contribution in [0, 0.1) is 15.6 Å². The molecule has 0 saturated heterocycles. The van der Waals surface area contributed by atoms with Gasteiger partial charge in [0.15, 0.2) is 8.73 Å². The number of nitrogens with zero attached hydrogens (tertiary/aromatic N) is 2. The number of thiazole rings is 1. The molecule has 2 aromatic carbocycles. The number of fused-ring (bicyclic) bond motifs is 1. The SMILES string of the molecule is CCOc1ccc(-n2c(=S)sc3c(=O)n(-c4ccc(C)cc4)c(=S)[nH]c32)cc1. The van der Waals surface area contributed by atoms with Gasteiger partial charge >= 0.3 is 0 Å². The van der Waals surface area contributed by atoms with Crippen LogP contribution in [-0.2, 0) is 0 Å². The minimum atomic E-state index is -0.177. The molecule has 0 bridgehead atoms. The van der Waals surface area contributed by atoms with Crippen LogP contribution in [0.2, 0.25) is 0 Å². The second kappa shape index (κ2) is 7.46. The first-order valence-electron chi connectivity index (χ1n) is 8.70. The molecule has 0 aliphatic heterocycles. The fourth-order valence-corrected chi connectivity index (χ4v) is 4.62. The Bertz CT molecular complexity index is 1330. The fraction of sp³-hybridized carbons (Fsp3) is 0.150. The van der Waals surface area contributed by atoms with Gasteiger partial charge in [-0.15, -0.1) is 0 Å². The molecule has 4 rings (SSSR count). The van der Waals surface area contributed by atoms with Crippen LogP contribution in [0.1, 0.15) is 12.5 Å². The number of nitrogens with one attached hydrogen (secondary N) is 1. The number of H-pyrrole nitrogens is 1. The third-order valence-corrected chi connectivity index (χ3v) is 5.98. The van der Waals surface area contributed by atoms with Crippen molar-refractivity contribution in [2.45, 2.75) is 13.8 Å². The number of hydrogen-bond acceptors (Lipinski definition) is 5. The van der Waals surface area contributed by atoms with Crippen LogP contribution in [0.5, 0.6) is 5.75 Å². The van der Waals surface area contributed by atoms with E-state index in [0.717, 1.165) is 22.7 Å². The second-order valence-corrected chi connectivity index (χ2v) is 8.25. The van der Waals surface area contributed by atoms with Gasteiger partial charge in [0.25, 0.3) is 5.56 Å². The molecule has 5 nitrogen and oxygen atoms in total. The average Bonchev–Trinajstić information content (AvgIpc) is 3.00. The molecule has 4 aromatic rings. The molecule has 0 amide bonds. The number of aromatic amines is 1. The Morgan fingerprint density at radius 1 is 1.00 bits per heavy atom. The largest absolute Gasteiger partial charge is 0.494 e. The van der Waals surface area contributed by atoms with Crippen molar-refractivity contribution in [1.29, 1.82) is 0 Å². The second-order valence-electron chi connectivity index (χ2n) is 6.21. The Labute approximate surface area is 175 Å². The van der Waals surface area contributed by atoms with Crippen molar-refractivity contribution < 1.29 is 4.74 Å². The topological polar surface area (TPSA) is 51.9 Å². The maximum absolute atomic E-state index is 13.2. The Morgan fingerprint density at radius 3 is 2.25 bits per heavy atom. The summed E-state index contributed by atoms with van der Waals surface area (Å²) in [6, 6.07) is 15.3. The number of benzene rings is 2. The summed E-state index contributed by atoms with van der Waals surface area (Å²) in [6.07, 6.45) is 0. The molecule has 0 saturated carbocycles. The van der Waals surface area contributed by atoms with Crippen molar-refractivity contribution in [3.63, 3.8) is 0 Å². The van der Waals surface area contributed by atoms with Crippen LogP contribution < -0.4 is 10.3 Å². The van der Waals surface area contributed by atoms with Gasteiger partial charge < -0.3 is 9.72 Å². The Balaban J connectivity index is 1.93. The molecule has 2 aromatic heterocycles. The van der Waals surface area contributed by atoms with Gasteiger partial charge in [0, 0.05) is 5.69 Å². The quantitative estimate of drug-likeness (QED) is 0.447. The summed E-state index contributed by atoms with van der Waals surface area (Å²) in [7, 11) is 0. The van der Waals surface area contributed by atoms with Crippen molar-refractivity contribution in [3.05, 3.63) is 73.2 Å². The molecule has 28 heavy (non-hydrogen) atoms. The standard InChI is InChI=1S/C20H17N3O2S3/c1-3-25-15-10-8-13(9-11-15)22-17-16(28-20(22)27)18(24)23(19(26)21-17)14-6-4-12(2)5-7-14/h4-11H,3H2,1-2H3,(H,21,26). The van der Waals surface area contributed by atoms with Gasteiger partial charge in [-0.2, -0.15) is 0 Å². The van der Waals surface area contributed by atoms with Gasteiger partial charge in [-0.3, -0.25) is 13.9 Å². The molecule has 142 valence electrons. The summed E-state index contributed by atoms with van der Waals surface area (Å²) in [5.74, 6) is 0.784. The van der Waals surface area contributed by atoms with Gasteiger partial charge in [0.05, 0.1) is 12.3 Å². The van der Waals surface area contributed by atoms with Crippen LogP contribution >= 0.6 is 35.8 Å². The van der Waals surface area contributed by atoms with Crippen LogP contribution in [0.15, 0.2) is 53.3 Å². The summed E-state index contributed by atoms with van der Waals surface area (Å²) >= 11 is 12.3. The van der Waals surface area contributed by atoms with Crippen molar-refractivity contribution in [2.75, 3.05) is 6.61 Å². The molecule has 0 aliphatic rings. The van der Waals surface area contributed by atoms with E-state index in [9.17, 15) is 4.79 Å². The number of hydrogen-bond donors (Lipinski definition) is 1. The first-order valence-corrected chi connectivity index (χ1v) is 10.3. The van der Waals surface area contributed by atoms with E-state index in [2.05, 4.69) is 4.98 Å². The third-order valence-electron chi connectivity index (χ3n) is 4.33. The summed E-state index contributed by atoms with van der Waals surface area (Å²) in [6.45, 7) is 4.54. The van der Waals surface area contributed by atoms with E-state index in [1.807, 2.05) is 66.9 Å². The summed E-state index contributed by atoms with van der Waals surface area (Å²) in [4.78, 5) is 16.4. The molecule has 0 atom stereocenters. The van der Waals surface area contributed by atoms with Crippen molar-refractivity contribution in [1.82, 2.24) is 14.1 Å². The fourth-order valence-electron chi connectivity index (χ4n) is 3.00. The van der Waals surface area contributed by atoms with Crippen molar-refractivity contribution >= 4 is 46.1 Å². The van der Waals surface area contributed by atoms with Gasteiger partial charge in [-0.05, 0) is 74.7 Å². The highest BCUT2D eigenvalue weighted by Crippen LogP contribution is 2.25. The molecular weight excluding hydrogens is 410 g/mol. The van der Waals surface area contributed by atoms with E-state index >= 15 is 0 Å². The highest BCUT2D eigenvalue weighted by Gasteiger charge is 2.15. The molecule has 1 N–H and O–H groups in total. The molecule has 8 heteroatoms. The monoisotopic (exact) mass is 427 g/mol. The van der Waals surface area contributed by atoms with E-state index in [0.29, 0.717) is 25.7 Å². The average molecular weight is 428 g/mol. The maximum Gasteiger partial charge on any atom is 0.278 e. The molecule has 0 aliphatic carbocycles. The van der Waals surface area contributed by atoms with Crippen LogP contribution in [0.25, 0.3) is 21.7 Å². The number of aryl methyl sites for hydroxylation is 1. The lowest BCUT2D eigenvalue weighted by Crippen LogP contribution is -2.20. The van der Waals surface area contributed by atoms with Crippen LogP contribution in [-0.4, -0.2) is 20.7 Å². The number of ether oxygens (including phenoxy) is 1. The van der Waals surface area contributed by atoms with E-state index in [-0.39, 0.29) is 5.56 Å². The smallest absolute Gasteiger partial charge is 0.278 e. The zero-order valence-electron chi connectivity index (χ0n) is 15.3. The van der Waals surface area contributed by atoms with Gasteiger partial charge in [-0.1, -0.05) is 29.0 Å². The first kappa shape index (κ1) is 18.8. The van der Waals surface area contributed by atoms with Gasteiger partial charge in [0.1, 0.15) is 16.1 Å². The third kappa shape index (κ3) is 3.23. The highest BCUT2D eigenvalue weighted by atomic mass is 32.1. The minimum absolute atomic E-state index is 0.177. The van der Waals surface area contributed by atoms with E-state index in [1.54, 1.807) is 0 Å². The number of rotatable bonds is 4. The van der Waals surface area contributed by atoms with E-state index in [4.69, 9.17) is 29.2 Å². The Morgan fingerprint density at radius 2 is 1.61 bits per heavy atom. The summed E-state index contributed by atoms with van der Waals surface area (Å²) in [5.41, 5.74) is 3.12. The molecule has 0 fully saturated rings. The Hall–Kier alpha value is -2.55. The minimum Gasteiger partial charge on any atom is -0.494 e. The highest BCUT2D eigenvalue weighted by molar-refractivity contribution is 7.73. The zero-order valence-corrected chi connectivity index (χ0v) is 17.7. The van der Waals surface area contributed by atoms with Gasteiger partial charge in [0.2, 0.25) is 0 Å². The van der Waals surface area contributed by atoms with Crippen LogP contribution in [0.3, 0.4) is 0 Å². The van der Waals surface area contributed by atoms with Gasteiger partial charge in [-0.25, -0.2) is 0 Å². The van der Waals surface area contributed by atoms with E-state index in [1.165, 1.54) is 15.9 Å². The van der Waals surface area contributed by atoms with Crippen molar-refractivity contribution in [2.24, 2.45) is 0 Å². The van der Waals surface area contributed by atoms with E-state index < -0.39 is 0 Å². The first-order chi connectivity index (χ1) is 13.5. The maximum atomic E-state index is 13.2. The summed E-state index contributed by atoms with van der Waals surface area (Å²) in [5, 5.41) is 0. The Kier molecular flexibility index (Phi) is 5.01. The predicted molar refractivity (Wildman–Crippen MR) is 119 cm³/mol. The number of aromatic nitrogens is 3. The molecule has 0 spiro atoms. The molecule has 0 unspecified atom stereocenters. The lowest BCUT2D eigenvalue weighted by molar-refractivity contribution is 0.340. The lowest BCUT2D eigenvalue weighted by Gasteiger charge is -2.09. The predicted octanol–water partition coefficient (Wildman–Crippen LogP) is 5.34. The van der Waals surface area contributed by atoms with Crippen LogP contribution in [0.4, 0.5) is 0 Å².